The Morgan fingerprint density at radius 1 is 0.688 bits per heavy atom. The van der Waals surface area contributed by atoms with Crippen molar-refractivity contribution in [3.05, 3.63) is 251 Å². The Morgan fingerprint density at radius 2 is 1.35 bits per heavy atom. The average Bonchev–Trinajstić information content (AvgIpc) is 1.76. The SMILES string of the molecule is CCOC(=O)[C@@H](Cc1cc(O)ccc1OCc1ccnc(-c2ccccc2OC)n1)Oc1ncnc2sc(-c3ccc(F)cc3)c(-c3ccc(O[C@H](COC(c4ccccc4)(c4ccc(OC)cc4)c4ccc(OC)cc4)COS(=O)(=O)c4ccc(C)cc4)c(Cl)c3)c12. The molecule has 21 heteroatoms. The molecule has 3 aromatic heterocycles. The minimum Gasteiger partial charge on any atom is -0.508 e. The van der Waals surface area contributed by atoms with E-state index in [1.807, 2.05) is 110 Å². The molecule has 0 aliphatic carbocycles. The number of phenolic OH excluding ortho intramolecular Hbond substituents is 1. The summed E-state index contributed by atoms with van der Waals surface area (Å²) in [6.45, 7) is 2.71. The maximum Gasteiger partial charge on any atom is 0.347 e. The number of carbonyl (C=O) groups excluding carboxylic acids is 1. The summed E-state index contributed by atoms with van der Waals surface area (Å²) in [4.78, 5) is 33.6. The first-order valence-electron chi connectivity index (χ1n) is 29.3. The third kappa shape index (κ3) is 14.7. The van der Waals surface area contributed by atoms with Crippen molar-refractivity contribution in [2.45, 2.75) is 49.6 Å². The number of thiophene rings is 1. The normalized spacial score (nSPS) is 12.2. The Balaban J connectivity index is 0.953. The van der Waals surface area contributed by atoms with Crippen molar-refractivity contribution in [1.82, 2.24) is 19.9 Å². The van der Waals surface area contributed by atoms with Crippen LogP contribution in [-0.2, 0) is 47.2 Å². The third-order valence-corrected chi connectivity index (χ3v) is 17.9. The molecule has 17 nitrogen and oxygen atoms in total. The summed E-state index contributed by atoms with van der Waals surface area (Å²) in [5, 5.41) is 11.3. The Hall–Kier alpha value is -9.96. The van der Waals surface area contributed by atoms with Gasteiger partial charge in [0.2, 0.25) is 12.0 Å². The summed E-state index contributed by atoms with van der Waals surface area (Å²) in [6.07, 6.45) is 0.215. The number of aromatic hydroxyl groups is 1. The number of rotatable bonds is 27. The van der Waals surface area contributed by atoms with Gasteiger partial charge in [0.1, 0.15) is 76.4 Å². The van der Waals surface area contributed by atoms with E-state index in [1.54, 1.807) is 89.0 Å². The van der Waals surface area contributed by atoms with Crippen LogP contribution in [0.5, 0.6) is 40.4 Å². The molecule has 0 saturated carbocycles. The Morgan fingerprint density at radius 3 is 2.03 bits per heavy atom. The Bertz CT molecular complexity index is 4460. The highest BCUT2D eigenvalue weighted by Crippen LogP contribution is 2.49. The second-order valence-electron chi connectivity index (χ2n) is 21.1. The molecule has 474 valence electrons. The van der Waals surface area contributed by atoms with Gasteiger partial charge in [0, 0.05) is 28.6 Å². The number of benzene rings is 8. The van der Waals surface area contributed by atoms with Crippen LogP contribution in [0, 0.1) is 12.7 Å². The van der Waals surface area contributed by atoms with Crippen LogP contribution in [0.15, 0.2) is 212 Å². The van der Waals surface area contributed by atoms with Gasteiger partial charge in [-0.25, -0.2) is 29.1 Å². The summed E-state index contributed by atoms with van der Waals surface area (Å²) in [5.41, 5.74) is 4.91. The fraction of sp³-hybridized carbons (Fsp3) is 0.181. The van der Waals surface area contributed by atoms with Crippen LogP contribution in [0.2, 0.25) is 5.02 Å². The second-order valence-corrected chi connectivity index (χ2v) is 24.2. The van der Waals surface area contributed by atoms with Crippen LogP contribution in [0.1, 0.15) is 40.4 Å². The largest absolute Gasteiger partial charge is 0.508 e. The molecule has 0 amide bonds. The summed E-state index contributed by atoms with van der Waals surface area (Å²) in [6, 6.07) is 55.4. The maximum absolute atomic E-state index is 14.7. The maximum atomic E-state index is 14.7. The van der Waals surface area contributed by atoms with E-state index in [4.69, 9.17) is 58.7 Å². The summed E-state index contributed by atoms with van der Waals surface area (Å²) in [5.74, 6) is 1.40. The number of aryl methyl sites for hydroxylation is 1. The standard InChI is InChI=1S/C72H62ClFN4O13S2/c1-6-86-71(80)64(40-48-38-54(79)27-35-61(48)87-41-53-36-37-75-68(78-53)59-14-10-11-15-62(59)85-5)91-69-66-65(67(92-70(66)77-44-76-69)46-18-25-52(74)26-19-46)47-20-34-63(60(73)39-47)90-57(43-89-93(81,82)58-32-16-45(2)17-33-58)42-88-72(49-12-8-7-9-13-49,50-21-28-55(83-3)29-22-50)51-23-30-56(84-4)31-24-51/h7-39,44,57,64,79H,6,40-43H2,1-5H3/t57-,64-/m1/s1. The molecule has 1 N–H and O–H groups in total. The molecule has 0 fully saturated rings. The molecule has 0 bridgehead atoms. The minimum absolute atomic E-state index is 0.00968. The number of carbonyl (C=O) groups is 1. The fourth-order valence-electron chi connectivity index (χ4n) is 10.6. The van der Waals surface area contributed by atoms with Crippen LogP contribution >= 0.6 is 22.9 Å². The first kappa shape index (κ1) is 64.6. The Labute approximate surface area is 546 Å². The molecule has 0 unspecified atom stereocenters. The molecule has 0 aliphatic heterocycles. The highest BCUT2D eigenvalue weighted by Gasteiger charge is 2.40. The van der Waals surface area contributed by atoms with Crippen LogP contribution in [-0.4, -0.2) is 92.8 Å². The zero-order valence-electron chi connectivity index (χ0n) is 51.0. The summed E-state index contributed by atoms with van der Waals surface area (Å²) >= 11 is 8.63. The van der Waals surface area contributed by atoms with Crippen LogP contribution < -0.4 is 28.4 Å². The van der Waals surface area contributed by atoms with Crippen molar-refractivity contribution in [2.24, 2.45) is 0 Å². The lowest BCUT2D eigenvalue weighted by Crippen LogP contribution is -2.39. The molecule has 0 radical (unpaired) electrons. The van der Waals surface area contributed by atoms with Crippen molar-refractivity contribution < 1.29 is 64.8 Å². The zero-order valence-corrected chi connectivity index (χ0v) is 53.4. The smallest absolute Gasteiger partial charge is 0.347 e. The number of fused-ring (bicyclic) bond motifs is 1. The lowest BCUT2D eigenvalue weighted by atomic mass is 9.80. The molecular weight excluding hydrogens is 1250 g/mol. The first-order valence-corrected chi connectivity index (χ1v) is 31.9. The molecule has 0 spiro atoms. The van der Waals surface area contributed by atoms with Crippen molar-refractivity contribution in [2.75, 3.05) is 41.2 Å². The zero-order chi connectivity index (χ0) is 65.1. The molecule has 0 saturated heterocycles. The van der Waals surface area contributed by atoms with Crippen molar-refractivity contribution in [1.29, 1.82) is 0 Å². The molecule has 11 aromatic rings. The fourth-order valence-corrected chi connectivity index (χ4v) is 12.9. The average molecular weight is 1310 g/mol. The molecule has 93 heavy (non-hydrogen) atoms. The van der Waals surface area contributed by atoms with Gasteiger partial charge in [-0.2, -0.15) is 8.42 Å². The van der Waals surface area contributed by atoms with Crippen molar-refractivity contribution in [3.63, 3.8) is 0 Å². The third-order valence-electron chi connectivity index (χ3n) is 15.1. The Kier molecular flexibility index (Phi) is 20.2. The number of aromatic nitrogens is 4. The summed E-state index contributed by atoms with van der Waals surface area (Å²) in [7, 11) is 0.378. The highest BCUT2D eigenvalue weighted by atomic mass is 35.5. The number of halogens is 2. The van der Waals surface area contributed by atoms with E-state index in [9.17, 15) is 22.7 Å². The number of hydrogen-bond acceptors (Lipinski definition) is 18. The van der Waals surface area contributed by atoms with Gasteiger partial charge in [0.15, 0.2) is 5.82 Å². The number of para-hydroxylation sites is 1. The van der Waals surface area contributed by atoms with Gasteiger partial charge in [-0.3, -0.25) is 4.18 Å². The van der Waals surface area contributed by atoms with Gasteiger partial charge >= 0.3 is 5.97 Å². The van der Waals surface area contributed by atoms with Crippen molar-refractivity contribution >= 4 is 49.2 Å². The van der Waals surface area contributed by atoms with Gasteiger partial charge in [0.05, 0.1) is 61.1 Å². The van der Waals surface area contributed by atoms with E-state index in [2.05, 4.69) is 15.0 Å². The monoisotopic (exact) mass is 1310 g/mol. The van der Waals surface area contributed by atoms with Crippen LogP contribution in [0.4, 0.5) is 4.39 Å². The molecule has 8 aromatic carbocycles. The van der Waals surface area contributed by atoms with E-state index < -0.39 is 46.3 Å². The molecular formula is C72H62ClFN4O13S2. The number of methoxy groups -OCH3 is 3. The van der Waals surface area contributed by atoms with E-state index in [1.165, 1.54) is 54.1 Å². The predicted molar refractivity (Wildman–Crippen MR) is 351 cm³/mol. The molecule has 11 rings (SSSR count). The highest BCUT2D eigenvalue weighted by molar-refractivity contribution is 7.86. The number of hydrogen-bond donors (Lipinski definition) is 1. The predicted octanol–water partition coefficient (Wildman–Crippen LogP) is 14.6. The number of esters is 1. The molecule has 3 heterocycles. The van der Waals surface area contributed by atoms with Crippen molar-refractivity contribution in [3.8, 4) is 73.3 Å². The minimum atomic E-state index is -4.36. The van der Waals surface area contributed by atoms with Gasteiger partial charge in [0.25, 0.3) is 10.1 Å². The van der Waals surface area contributed by atoms with E-state index in [0.717, 1.165) is 11.1 Å². The van der Waals surface area contributed by atoms with E-state index in [0.29, 0.717) is 88.6 Å². The van der Waals surface area contributed by atoms with Gasteiger partial charge in [-0.1, -0.05) is 114 Å². The van der Waals surface area contributed by atoms with Gasteiger partial charge in [-0.15, -0.1) is 11.3 Å². The first-order chi connectivity index (χ1) is 45.2. The van der Waals surface area contributed by atoms with Gasteiger partial charge in [-0.05, 0) is 139 Å². The lowest BCUT2D eigenvalue weighted by molar-refractivity contribution is -0.151. The van der Waals surface area contributed by atoms with E-state index in [-0.39, 0.29) is 53.5 Å². The quantitative estimate of drug-likeness (QED) is 0.0289. The molecule has 0 aliphatic rings. The molecule has 2 atom stereocenters. The lowest BCUT2D eigenvalue weighted by Gasteiger charge is -2.37. The second kappa shape index (κ2) is 29.1. The van der Waals surface area contributed by atoms with E-state index >= 15 is 0 Å². The number of ether oxygens (including phenoxy) is 8. The number of phenols is 1. The van der Waals surface area contributed by atoms with Crippen LogP contribution in [0.25, 0.3) is 43.2 Å². The number of nitrogens with zero attached hydrogens (tertiary/aromatic N) is 4. The topological polar surface area (TPSA) is 206 Å². The van der Waals surface area contributed by atoms with Crippen LogP contribution in [0.3, 0.4) is 0 Å². The van der Waals surface area contributed by atoms with Gasteiger partial charge < -0.3 is 43.0 Å². The summed E-state index contributed by atoms with van der Waals surface area (Å²) < 4.78 is 97.8.